The molecule has 17 heavy (non-hydrogen) atoms. The number of aromatic nitrogens is 2. The van der Waals surface area contributed by atoms with Crippen LogP contribution in [0.15, 0.2) is 42.9 Å². The maximum absolute atomic E-state index is 10.5. The number of hydrogen-bond donors (Lipinski definition) is 3. The number of anilines is 3. The maximum atomic E-state index is 10.5. The van der Waals surface area contributed by atoms with Crippen LogP contribution in [0.5, 0.6) is 0 Å². The van der Waals surface area contributed by atoms with E-state index < -0.39 is 11.3 Å². The van der Waals surface area contributed by atoms with Crippen LogP contribution in [0.3, 0.4) is 0 Å². The van der Waals surface area contributed by atoms with Crippen LogP contribution in [-0.2, 0) is 11.3 Å². The Hall–Kier alpha value is -1.99. The zero-order chi connectivity index (χ0) is 12.1. The summed E-state index contributed by atoms with van der Waals surface area (Å²) in [5, 5.41) is 3.07. The molecule has 2 rings (SSSR count). The lowest BCUT2D eigenvalue weighted by atomic mass is 10.3. The molecule has 88 valence electrons. The molecule has 0 aliphatic heterocycles. The molecule has 1 aromatic heterocycles. The van der Waals surface area contributed by atoms with Crippen molar-refractivity contribution in [2.45, 2.75) is 0 Å². The lowest BCUT2D eigenvalue weighted by Gasteiger charge is -2.06. The molecule has 0 saturated heterocycles. The van der Waals surface area contributed by atoms with Gasteiger partial charge in [-0.2, -0.15) is 0 Å². The van der Waals surface area contributed by atoms with Crippen molar-refractivity contribution < 1.29 is 8.76 Å². The third kappa shape index (κ3) is 3.51. The van der Waals surface area contributed by atoms with Gasteiger partial charge in [-0.25, -0.2) is 14.2 Å². The average Bonchev–Trinajstić information content (AvgIpc) is 2.32. The van der Waals surface area contributed by atoms with Crippen molar-refractivity contribution in [2.75, 3.05) is 10.0 Å². The van der Waals surface area contributed by atoms with Crippen molar-refractivity contribution in [1.82, 2.24) is 9.97 Å². The van der Waals surface area contributed by atoms with Crippen LogP contribution in [0, 0.1) is 0 Å². The highest BCUT2D eigenvalue weighted by molar-refractivity contribution is 7.80. The van der Waals surface area contributed by atoms with Gasteiger partial charge in [0.1, 0.15) is 12.1 Å². The Morgan fingerprint density at radius 2 is 1.82 bits per heavy atom. The number of hydrogen-bond acceptors (Lipinski definition) is 4. The highest BCUT2D eigenvalue weighted by Crippen LogP contribution is 2.16. The van der Waals surface area contributed by atoms with Gasteiger partial charge in [0.2, 0.25) is 0 Å². The largest absolute Gasteiger partial charge is 0.340 e. The first kappa shape index (κ1) is 11.5. The molecule has 1 aromatic carbocycles. The molecule has 0 spiro atoms. The Balaban J connectivity index is 2.06. The van der Waals surface area contributed by atoms with Crippen molar-refractivity contribution in [3.05, 3.63) is 42.9 Å². The van der Waals surface area contributed by atoms with Crippen LogP contribution >= 0.6 is 0 Å². The fourth-order valence-corrected chi connectivity index (χ4v) is 1.57. The fourth-order valence-electron chi connectivity index (χ4n) is 1.23. The summed E-state index contributed by atoms with van der Waals surface area (Å²) in [6, 6.07) is 8.68. The highest BCUT2D eigenvalue weighted by atomic mass is 32.2. The summed E-state index contributed by atoms with van der Waals surface area (Å²) in [5.74, 6) is 0.687. The molecule has 0 saturated carbocycles. The predicted molar refractivity (Wildman–Crippen MR) is 66.2 cm³/mol. The summed E-state index contributed by atoms with van der Waals surface area (Å²) in [4.78, 5) is 7.83. The second-order valence-electron chi connectivity index (χ2n) is 3.15. The Morgan fingerprint density at radius 3 is 2.41 bits per heavy atom. The van der Waals surface area contributed by atoms with E-state index in [0.29, 0.717) is 11.5 Å². The second-order valence-corrected chi connectivity index (χ2v) is 3.85. The van der Waals surface area contributed by atoms with E-state index in [1.807, 2.05) is 0 Å². The molecule has 6 nitrogen and oxygen atoms in total. The summed E-state index contributed by atoms with van der Waals surface area (Å²) < 4.78 is 21.5. The summed E-state index contributed by atoms with van der Waals surface area (Å²) in [6.45, 7) is 0. The summed E-state index contributed by atoms with van der Waals surface area (Å²) in [6.07, 6.45) is 3.09. The highest BCUT2D eigenvalue weighted by Gasteiger charge is 1.97. The minimum Gasteiger partial charge on any atom is -0.340 e. The van der Waals surface area contributed by atoms with Crippen molar-refractivity contribution in [2.24, 2.45) is 0 Å². The van der Waals surface area contributed by atoms with Gasteiger partial charge in [-0.3, -0.25) is 9.27 Å². The minimum atomic E-state index is -2.05. The van der Waals surface area contributed by atoms with Crippen LogP contribution in [0.25, 0.3) is 0 Å². The molecule has 0 aliphatic carbocycles. The standard InChI is InChI=1S/C10H10N4O2S/c15-17(16)14-9-3-1-8(2-4-9)13-10-5-6-11-7-12-10/h1-7,14H,(H,15,16)(H,11,12,13). The summed E-state index contributed by atoms with van der Waals surface area (Å²) >= 11 is -2.05. The van der Waals surface area contributed by atoms with E-state index in [9.17, 15) is 4.21 Å². The minimum absolute atomic E-state index is 0.569. The first-order valence-corrected chi connectivity index (χ1v) is 5.85. The molecule has 0 bridgehead atoms. The van der Waals surface area contributed by atoms with Gasteiger partial charge >= 0.3 is 0 Å². The van der Waals surface area contributed by atoms with Gasteiger partial charge in [0.15, 0.2) is 0 Å². The van der Waals surface area contributed by atoms with E-state index in [-0.39, 0.29) is 0 Å². The average molecular weight is 250 g/mol. The van der Waals surface area contributed by atoms with Crippen LogP contribution < -0.4 is 10.0 Å². The van der Waals surface area contributed by atoms with Crippen LogP contribution in [0.4, 0.5) is 17.2 Å². The molecular formula is C10H10N4O2S. The van der Waals surface area contributed by atoms with Gasteiger partial charge in [-0.15, -0.1) is 0 Å². The Labute approximate surface area is 101 Å². The van der Waals surface area contributed by atoms with Gasteiger partial charge in [0.25, 0.3) is 11.3 Å². The Bertz CT molecular complexity index is 503. The van der Waals surface area contributed by atoms with Crippen molar-refractivity contribution in [3.63, 3.8) is 0 Å². The monoisotopic (exact) mass is 250 g/mol. The normalized spacial score (nSPS) is 11.8. The first-order chi connectivity index (χ1) is 8.24. The van der Waals surface area contributed by atoms with Crippen LogP contribution in [-0.4, -0.2) is 18.7 Å². The Kier molecular flexibility index (Phi) is 3.63. The molecule has 0 aliphatic rings. The van der Waals surface area contributed by atoms with E-state index in [1.165, 1.54) is 6.33 Å². The van der Waals surface area contributed by atoms with Gasteiger partial charge in [0.05, 0.1) is 0 Å². The topological polar surface area (TPSA) is 87.1 Å². The molecule has 0 amide bonds. The van der Waals surface area contributed by atoms with E-state index >= 15 is 0 Å². The van der Waals surface area contributed by atoms with Crippen molar-refractivity contribution >= 4 is 28.5 Å². The number of nitrogens with one attached hydrogen (secondary N) is 2. The molecular weight excluding hydrogens is 240 g/mol. The molecule has 1 atom stereocenters. The zero-order valence-corrected chi connectivity index (χ0v) is 9.52. The first-order valence-electron chi connectivity index (χ1n) is 4.74. The fraction of sp³-hybridized carbons (Fsp3) is 0. The van der Waals surface area contributed by atoms with Gasteiger partial charge in [0, 0.05) is 17.6 Å². The molecule has 0 radical (unpaired) electrons. The molecule has 7 heteroatoms. The second kappa shape index (κ2) is 5.37. The Morgan fingerprint density at radius 1 is 1.12 bits per heavy atom. The van der Waals surface area contributed by atoms with E-state index in [2.05, 4.69) is 20.0 Å². The SMILES string of the molecule is O=S(O)Nc1ccc(Nc2ccncn2)cc1. The number of rotatable bonds is 4. The molecule has 2 aromatic rings. The van der Waals surface area contributed by atoms with Crippen LogP contribution in [0.1, 0.15) is 0 Å². The third-order valence-electron chi connectivity index (χ3n) is 1.94. The van der Waals surface area contributed by atoms with E-state index in [0.717, 1.165) is 5.69 Å². The lowest BCUT2D eigenvalue weighted by molar-refractivity contribution is 0.570. The quantitative estimate of drug-likeness (QED) is 0.720. The smallest absolute Gasteiger partial charge is 0.259 e. The van der Waals surface area contributed by atoms with Gasteiger partial charge < -0.3 is 5.32 Å². The maximum Gasteiger partial charge on any atom is 0.259 e. The summed E-state index contributed by atoms with van der Waals surface area (Å²) in [5.41, 5.74) is 1.40. The predicted octanol–water partition coefficient (Wildman–Crippen LogP) is 1.77. The molecule has 1 unspecified atom stereocenters. The lowest BCUT2D eigenvalue weighted by Crippen LogP contribution is -2.01. The van der Waals surface area contributed by atoms with Gasteiger partial charge in [-0.05, 0) is 30.3 Å². The zero-order valence-electron chi connectivity index (χ0n) is 8.70. The third-order valence-corrected chi connectivity index (χ3v) is 2.35. The number of nitrogens with zero attached hydrogens (tertiary/aromatic N) is 2. The number of benzene rings is 1. The van der Waals surface area contributed by atoms with Crippen molar-refractivity contribution in [3.8, 4) is 0 Å². The van der Waals surface area contributed by atoms with E-state index in [1.54, 1.807) is 36.5 Å². The van der Waals surface area contributed by atoms with Crippen LogP contribution in [0.2, 0.25) is 0 Å². The van der Waals surface area contributed by atoms with Crippen molar-refractivity contribution in [1.29, 1.82) is 0 Å². The molecule has 0 fully saturated rings. The summed E-state index contributed by atoms with van der Waals surface area (Å²) in [7, 11) is 0. The molecule has 1 heterocycles. The van der Waals surface area contributed by atoms with E-state index in [4.69, 9.17) is 4.55 Å². The van der Waals surface area contributed by atoms with Gasteiger partial charge in [-0.1, -0.05) is 0 Å². The molecule has 3 N–H and O–H groups in total.